The summed E-state index contributed by atoms with van der Waals surface area (Å²) in [6, 6.07) is 0.562. The normalized spacial score (nSPS) is 28.0. The minimum absolute atomic E-state index is 0.232. The van der Waals surface area contributed by atoms with E-state index in [9.17, 15) is 0 Å². The monoisotopic (exact) mass is 222 g/mol. The standard InChI is InChI=1S/C12H22N4/c1-9-10(8-16(3)14-9)12-11(13)6-4-5-7-15(12)2/h8,11-12H,4-7,13H2,1-3H3. The first-order valence-electron chi connectivity index (χ1n) is 6.05. The van der Waals surface area contributed by atoms with Gasteiger partial charge in [-0.25, -0.2) is 0 Å². The fraction of sp³-hybridized carbons (Fsp3) is 0.750. The molecule has 2 unspecified atom stereocenters. The lowest BCUT2D eigenvalue weighted by molar-refractivity contribution is 0.229. The Kier molecular flexibility index (Phi) is 3.30. The molecule has 1 fully saturated rings. The van der Waals surface area contributed by atoms with E-state index in [-0.39, 0.29) is 6.04 Å². The van der Waals surface area contributed by atoms with Crippen molar-refractivity contribution in [1.29, 1.82) is 0 Å². The number of aryl methyl sites for hydroxylation is 2. The van der Waals surface area contributed by atoms with Crippen LogP contribution in [0.25, 0.3) is 0 Å². The smallest absolute Gasteiger partial charge is 0.0642 e. The summed E-state index contributed by atoms with van der Waals surface area (Å²) in [6.07, 6.45) is 5.71. The first kappa shape index (κ1) is 11.6. The summed E-state index contributed by atoms with van der Waals surface area (Å²) in [5.74, 6) is 0. The lowest BCUT2D eigenvalue weighted by atomic mass is 9.97. The van der Waals surface area contributed by atoms with E-state index in [1.165, 1.54) is 18.4 Å². The van der Waals surface area contributed by atoms with Gasteiger partial charge in [0.05, 0.1) is 11.7 Å². The van der Waals surface area contributed by atoms with Crippen molar-refractivity contribution in [3.8, 4) is 0 Å². The van der Waals surface area contributed by atoms with Crippen molar-refractivity contribution in [2.75, 3.05) is 13.6 Å². The van der Waals surface area contributed by atoms with Gasteiger partial charge >= 0.3 is 0 Å². The molecular formula is C12H22N4. The Hall–Kier alpha value is -0.870. The summed E-state index contributed by atoms with van der Waals surface area (Å²) in [5.41, 5.74) is 8.70. The molecule has 0 aliphatic carbocycles. The quantitative estimate of drug-likeness (QED) is 0.777. The number of rotatable bonds is 1. The Bertz CT molecular complexity index is 346. The molecule has 90 valence electrons. The maximum absolute atomic E-state index is 6.30. The molecule has 1 aromatic rings. The molecular weight excluding hydrogens is 200 g/mol. The Morgan fingerprint density at radius 1 is 1.38 bits per heavy atom. The van der Waals surface area contributed by atoms with Crippen LogP contribution in [0.15, 0.2) is 6.20 Å². The van der Waals surface area contributed by atoms with E-state index in [0.717, 1.165) is 18.7 Å². The van der Waals surface area contributed by atoms with Crippen LogP contribution in [0.3, 0.4) is 0 Å². The number of nitrogens with zero attached hydrogens (tertiary/aromatic N) is 3. The second-order valence-electron chi connectivity index (χ2n) is 4.93. The third-order valence-electron chi connectivity index (χ3n) is 3.55. The summed E-state index contributed by atoms with van der Waals surface area (Å²) in [5, 5.41) is 4.42. The molecule has 0 saturated carbocycles. The maximum Gasteiger partial charge on any atom is 0.0642 e. The molecule has 2 atom stereocenters. The second kappa shape index (κ2) is 4.55. The van der Waals surface area contributed by atoms with E-state index < -0.39 is 0 Å². The second-order valence-corrected chi connectivity index (χ2v) is 4.93. The van der Waals surface area contributed by atoms with Crippen LogP contribution in [0.1, 0.15) is 36.6 Å². The van der Waals surface area contributed by atoms with E-state index in [4.69, 9.17) is 5.73 Å². The highest BCUT2D eigenvalue weighted by atomic mass is 15.3. The van der Waals surface area contributed by atoms with Gasteiger partial charge < -0.3 is 5.73 Å². The van der Waals surface area contributed by atoms with Gasteiger partial charge in [0.15, 0.2) is 0 Å². The molecule has 0 amide bonds. The number of hydrogen-bond donors (Lipinski definition) is 1. The lowest BCUT2D eigenvalue weighted by Crippen LogP contribution is -2.37. The van der Waals surface area contributed by atoms with Gasteiger partial charge in [-0.05, 0) is 33.4 Å². The fourth-order valence-corrected chi connectivity index (χ4v) is 2.74. The van der Waals surface area contributed by atoms with Gasteiger partial charge in [-0.3, -0.25) is 9.58 Å². The van der Waals surface area contributed by atoms with E-state index in [1.54, 1.807) is 0 Å². The van der Waals surface area contributed by atoms with E-state index in [1.807, 2.05) is 11.7 Å². The summed E-state index contributed by atoms with van der Waals surface area (Å²) >= 11 is 0. The van der Waals surface area contributed by atoms with Crippen LogP contribution < -0.4 is 5.73 Å². The molecule has 0 aromatic carbocycles. The van der Waals surface area contributed by atoms with Gasteiger partial charge in [0.25, 0.3) is 0 Å². The van der Waals surface area contributed by atoms with Crippen molar-refractivity contribution in [1.82, 2.24) is 14.7 Å². The van der Waals surface area contributed by atoms with Gasteiger partial charge in [0, 0.05) is 24.8 Å². The van der Waals surface area contributed by atoms with Crippen LogP contribution in [0.2, 0.25) is 0 Å². The number of likely N-dealkylation sites (N-methyl/N-ethyl adjacent to an activating group) is 1. The third kappa shape index (κ3) is 2.13. The summed E-state index contributed by atoms with van der Waals surface area (Å²) in [7, 11) is 4.14. The number of hydrogen-bond acceptors (Lipinski definition) is 3. The van der Waals surface area contributed by atoms with Crippen molar-refractivity contribution >= 4 is 0 Å². The Balaban J connectivity index is 2.31. The molecule has 1 aromatic heterocycles. The van der Waals surface area contributed by atoms with Crippen molar-refractivity contribution in [3.05, 3.63) is 17.5 Å². The molecule has 4 nitrogen and oxygen atoms in total. The van der Waals surface area contributed by atoms with Crippen molar-refractivity contribution < 1.29 is 0 Å². The highest BCUT2D eigenvalue weighted by Crippen LogP contribution is 2.29. The molecule has 2 heterocycles. The van der Waals surface area contributed by atoms with Gasteiger partial charge in [-0.1, -0.05) is 6.42 Å². The first-order valence-corrected chi connectivity index (χ1v) is 6.05. The molecule has 0 radical (unpaired) electrons. The van der Waals surface area contributed by atoms with Crippen molar-refractivity contribution in [2.45, 2.75) is 38.3 Å². The van der Waals surface area contributed by atoms with E-state index in [2.05, 4.69) is 30.2 Å². The zero-order chi connectivity index (χ0) is 11.7. The topological polar surface area (TPSA) is 47.1 Å². The van der Waals surface area contributed by atoms with Crippen molar-refractivity contribution in [2.24, 2.45) is 12.8 Å². The molecule has 2 N–H and O–H groups in total. The zero-order valence-electron chi connectivity index (χ0n) is 10.5. The van der Waals surface area contributed by atoms with Crippen LogP contribution in [0.5, 0.6) is 0 Å². The van der Waals surface area contributed by atoms with Gasteiger partial charge in [-0.2, -0.15) is 5.10 Å². The molecule has 16 heavy (non-hydrogen) atoms. The van der Waals surface area contributed by atoms with Gasteiger partial charge in [-0.15, -0.1) is 0 Å². The number of nitrogens with two attached hydrogens (primary N) is 1. The van der Waals surface area contributed by atoms with Crippen LogP contribution in [0.4, 0.5) is 0 Å². The largest absolute Gasteiger partial charge is 0.326 e. The Morgan fingerprint density at radius 3 is 2.75 bits per heavy atom. The molecule has 1 aliphatic heterocycles. The number of aromatic nitrogens is 2. The molecule has 4 heteroatoms. The zero-order valence-corrected chi connectivity index (χ0v) is 10.5. The highest BCUT2D eigenvalue weighted by molar-refractivity contribution is 5.22. The lowest BCUT2D eigenvalue weighted by Gasteiger charge is -2.29. The predicted molar refractivity (Wildman–Crippen MR) is 65.1 cm³/mol. The molecule has 1 saturated heterocycles. The SMILES string of the molecule is Cc1nn(C)cc1C1C(N)CCCCN1C. The first-order chi connectivity index (χ1) is 7.59. The predicted octanol–water partition coefficient (Wildman–Crippen LogP) is 1.21. The Labute approximate surface area is 97.4 Å². The minimum Gasteiger partial charge on any atom is -0.326 e. The van der Waals surface area contributed by atoms with Gasteiger partial charge in [0.2, 0.25) is 0 Å². The molecule has 0 bridgehead atoms. The third-order valence-corrected chi connectivity index (χ3v) is 3.55. The summed E-state index contributed by atoms with van der Waals surface area (Å²) < 4.78 is 1.89. The summed E-state index contributed by atoms with van der Waals surface area (Å²) in [6.45, 7) is 3.20. The van der Waals surface area contributed by atoms with Crippen LogP contribution in [0, 0.1) is 6.92 Å². The highest BCUT2D eigenvalue weighted by Gasteiger charge is 2.28. The fourth-order valence-electron chi connectivity index (χ4n) is 2.74. The average molecular weight is 222 g/mol. The molecule has 2 rings (SSSR count). The minimum atomic E-state index is 0.232. The summed E-state index contributed by atoms with van der Waals surface area (Å²) in [4.78, 5) is 2.38. The van der Waals surface area contributed by atoms with Crippen LogP contribution >= 0.6 is 0 Å². The van der Waals surface area contributed by atoms with Crippen molar-refractivity contribution in [3.63, 3.8) is 0 Å². The Morgan fingerprint density at radius 2 is 2.12 bits per heavy atom. The average Bonchev–Trinajstić information content (AvgIpc) is 2.43. The molecule has 0 spiro atoms. The number of likely N-dealkylation sites (tertiary alicyclic amines) is 1. The van der Waals surface area contributed by atoms with E-state index in [0.29, 0.717) is 6.04 Å². The maximum atomic E-state index is 6.30. The van der Waals surface area contributed by atoms with E-state index >= 15 is 0 Å². The van der Waals surface area contributed by atoms with Gasteiger partial charge in [0.1, 0.15) is 0 Å². The molecule has 1 aliphatic rings. The van der Waals surface area contributed by atoms with Crippen LogP contribution in [-0.4, -0.2) is 34.3 Å². The van der Waals surface area contributed by atoms with Crippen LogP contribution in [-0.2, 0) is 7.05 Å².